The molecule has 2 atom stereocenters. The third kappa shape index (κ3) is 4.70. The number of fused-ring (bicyclic) bond motifs is 1. The van der Waals surface area contributed by atoms with Gasteiger partial charge < -0.3 is 10.3 Å². The number of benzene rings is 2. The van der Waals surface area contributed by atoms with Gasteiger partial charge in [-0.05, 0) is 48.4 Å². The summed E-state index contributed by atoms with van der Waals surface area (Å²) >= 11 is 0. The van der Waals surface area contributed by atoms with Crippen molar-refractivity contribution >= 4 is 26.7 Å². The molecule has 1 amide bonds. The van der Waals surface area contributed by atoms with Crippen LogP contribution in [0.3, 0.4) is 0 Å². The summed E-state index contributed by atoms with van der Waals surface area (Å²) in [4.78, 5) is 27.9. The predicted octanol–water partition coefficient (Wildman–Crippen LogP) is 3.27. The zero-order valence-corrected chi connectivity index (χ0v) is 19.2. The summed E-state index contributed by atoms with van der Waals surface area (Å²) < 4.78 is 67.0. The van der Waals surface area contributed by atoms with Crippen LogP contribution in [0.25, 0.3) is 22.0 Å². The van der Waals surface area contributed by atoms with Crippen molar-refractivity contribution in [2.24, 2.45) is 0 Å². The van der Waals surface area contributed by atoms with Crippen molar-refractivity contribution in [1.29, 1.82) is 0 Å². The standard InChI is InChI=1S/C24H22F3N3O4S/c25-24(26,27)20-4-2-1-3-17(20)21-10-14-6-5-13(9-18(14)23(32)30-21)19-11-15(29-22(19)31)12-28-35(33,34)16-7-8-16/h1-6,9-10,15-16,19,28H,7-8,11-12H2,(H,29,31)(H,30,32)/t15?,19-/m1/s1. The number of aromatic nitrogens is 1. The second-order valence-corrected chi connectivity index (χ2v) is 11.0. The number of halogens is 3. The van der Waals surface area contributed by atoms with Crippen LogP contribution in [0.2, 0.25) is 0 Å². The van der Waals surface area contributed by atoms with Crippen LogP contribution < -0.4 is 15.6 Å². The highest BCUT2D eigenvalue weighted by atomic mass is 32.2. The van der Waals surface area contributed by atoms with Crippen LogP contribution in [0.4, 0.5) is 13.2 Å². The molecule has 1 saturated carbocycles. The lowest BCUT2D eigenvalue weighted by atomic mass is 9.93. The fraction of sp³-hybridized carbons (Fsp3) is 0.333. The predicted molar refractivity (Wildman–Crippen MR) is 124 cm³/mol. The fourth-order valence-electron chi connectivity index (χ4n) is 4.49. The van der Waals surface area contributed by atoms with E-state index in [1.54, 1.807) is 18.2 Å². The molecule has 1 saturated heterocycles. The first kappa shape index (κ1) is 23.6. The largest absolute Gasteiger partial charge is 0.417 e. The van der Waals surface area contributed by atoms with Gasteiger partial charge >= 0.3 is 6.18 Å². The Morgan fingerprint density at radius 3 is 2.49 bits per heavy atom. The number of carbonyl (C=O) groups is 1. The molecule has 2 aliphatic rings. The summed E-state index contributed by atoms with van der Waals surface area (Å²) in [7, 11) is -3.37. The SMILES string of the molecule is O=C1NC(CNS(=O)(=O)C2CC2)C[C@@H]1c1ccc2cc(-c3ccccc3C(F)(F)F)[nH]c(=O)c2c1. The summed E-state index contributed by atoms with van der Waals surface area (Å²) in [5, 5.41) is 3.13. The van der Waals surface area contributed by atoms with Crippen LogP contribution in [0.1, 0.15) is 36.3 Å². The maximum Gasteiger partial charge on any atom is 0.417 e. The monoisotopic (exact) mass is 505 g/mol. The molecule has 1 aromatic heterocycles. The highest BCUT2D eigenvalue weighted by Crippen LogP contribution is 2.37. The first-order valence-electron chi connectivity index (χ1n) is 11.2. The van der Waals surface area contributed by atoms with Crippen molar-refractivity contribution in [2.45, 2.75) is 42.6 Å². The molecule has 0 spiro atoms. The van der Waals surface area contributed by atoms with E-state index >= 15 is 0 Å². The Kier molecular flexibility index (Phi) is 5.71. The number of amides is 1. The first-order chi connectivity index (χ1) is 16.5. The van der Waals surface area contributed by atoms with E-state index in [9.17, 15) is 31.2 Å². The first-order valence-corrected chi connectivity index (χ1v) is 12.7. The summed E-state index contributed by atoms with van der Waals surface area (Å²) in [5.74, 6) is -0.841. The average molecular weight is 506 g/mol. The van der Waals surface area contributed by atoms with Crippen molar-refractivity contribution in [3.63, 3.8) is 0 Å². The number of sulfonamides is 1. The van der Waals surface area contributed by atoms with E-state index in [2.05, 4.69) is 15.0 Å². The lowest BCUT2D eigenvalue weighted by Gasteiger charge is -2.14. The number of aromatic amines is 1. The second kappa shape index (κ2) is 8.49. The average Bonchev–Trinajstić information content (AvgIpc) is 3.61. The molecule has 2 fully saturated rings. The molecule has 11 heteroatoms. The second-order valence-electron chi connectivity index (χ2n) is 8.99. The molecular formula is C24H22F3N3O4S. The Morgan fingerprint density at radius 1 is 1.03 bits per heavy atom. The Labute approximate surface area is 198 Å². The lowest BCUT2D eigenvalue weighted by Crippen LogP contribution is -2.39. The van der Waals surface area contributed by atoms with Crippen molar-refractivity contribution in [2.75, 3.05) is 6.54 Å². The van der Waals surface area contributed by atoms with Gasteiger partial charge in [-0.1, -0.05) is 30.3 Å². The molecule has 1 unspecified atom stereocenters. The summed E-state index contributed by atoms with van der Waals surface area (Å²) in [6, 6.07) is 11.0. The van der Waals surface area contributed by atoms with E-state index in [1.165, 1.54) is 24.3 Å². The fourth-order valence-corrected chi connectivity index (χ4v) is 5.92. The van der Waals surface area contributed by atoms with Crippen molar-refractivity contribution in [3.05, 3.63) is 70.0 Å². The molecular weight excluding hydrogens is 483 g/mol. The third-order valence-corrected chi connectivity index (χ3v) is 8.39. The van der Waals surface area contributed by atoms with Gasteiger partial charge in [-0.25, -0.2) is 13.1 Å². The van der Waals surface area contributed by atoms with Gasteiger partial charge in [0.25, 0.3) is 5.56 Å². The quantitative estimate of drug-likeness (QED) is 0.478. The molecule has 2 aromatic carbocycles. The molecule has 0 bridgehead atoms. The molecule has 3 aromatic rings. The maximum atomic E-state index is 13.4. The Morgan fingerprint density at radius 2 is 1.77 bits per heavy atom. The molecule has 5 rings (SSSR count). The van der Waals surface area contributed by atoms with E-state index < -0.39 is 33.2 Å². The van der Waals surface area contributed by atoms with Gasteiger partial charge in [0.05, 0.1) is 16.7 Å². The van der Waals surface area contributed by atoms with Crippen LogP contribution in [-0.4, -0.2) is 37.1 Å². The zero-order chi connectivity index (χ0) is 25.0. The molecule has 184 valence electrons. The number of hydrogen-bond donors (Lipinski definition) is 3. The Balaban J connectivity index is 1.40. The number of pyridine rings is 1. The number of carbonyl (C=O) groups excluding carboxylic acids is 1. The normalized spacial score (nSPS) is 20.8. The third-order valence-electron chi connectivity index (χ3n) is 6.47. The zero-order valence-electron chi connectivity index (χ0n) is 18.4. The van der Waals surface area contributed by atoms with Crippen LogP contribution in [0, 0.1) is 0 Å². The number of rotatable bonds is 6. The van der Waals surface area contributed by atoms with Gasteiger partial charge in [0.1, 0.15) is 0 Å². The number of alkyl halides is 3. The Hall–Kier alpha value is -3.18. The highest BCUT2D eigenvalue weighted by Gasteiger charge is 2.38. The van der Waals surface area contributed by atoms with Crippen LogP contribution in [-0.2, 0) is 21.0 Å². The van der Waals surface area contributed by atoms with Gasteiger partial charge in [-0.3, -0.25) is 9.59 Å². The van der Waals surface area contributed by atoms with Gasteiger partial charge in [0.2, 0.25) is 15.9 Å². The summed E-state index contributed by atoms with van der Waals surface area (Å²) in [6.07, 6.45) is -2.94. The molecule has 1 aliphatic heterocycles. The van der Waals surface area contributed by atoms with Crippen molar-refractivity contribution in [3.8, 4) is 11.3 Å². The molecule has 7 nitrogen and oxygen atoms in total. The van der Waals surface area contributed by atoms with Gasteiger partial charge in [0.15, 0.2) is 0 Å². The minimum atomic E-state index is -4.58. The van der Waals surface area contributed by atoms with E-state index in [-0.39, 0.29) is 40.4 Å². The van der Waals surface area contributed by atoms with Crippen molar-refractivity contribution < 1.29 is 26.4 Å². The maximum absolute atomic E-state index is 13.4. The number of hydrogen-bond acceptors (Lipinski definition) is 4. The molecule has 1 aliphatic carbocycles. The van der Waals surface area contributed by atoms with Gasteiger partial charge in [0, 0.05) is 29.2 Å². The van der Waals surface area contributed by atoms with E-state index in [0.717, 1.165) is 6.07 Å². The van der Waals surface area contributed by atoms with Crippen LogP contribution in [0.15, 0.2) is 53.3 Å². The van der Waals surface area contributed by atoms with Gasteiger partial charge in [-0.15, -0.1) is 0 Å². The Bertz CT molecular complexity index is 1480. The minimum Gasteiger partial charge on any atom is -0.351 e. The molecule has 3 N–H and O–H groups in total. The lowest BCUT2D eigenvalue weighted by molar-refractivity contribution is -0.137. The van der Waals surface area contributed by atoms with Crippen LogP contribution >= 0.6 is 0 Å². The van der Waals surface area contributed by atoms with Crippen molar-refractivity contribution in [1.82, 2.24) is 15.0 Å². The topological polar surface area (TPSA) is 108 Å². The van der Waals surface area contributed by atoms with E-state index in [1.807, 2.05) is 0 Å². The molecule has 0 radical (unpaired) electrons. The number of nitrogens with one attached hydrogen (secondary N) is 3. The smallest absolute Gasteiger partial charge is 0.351 e. The summed E-state index contributed by atoms with van der Waals surface area (Å²) in [5.41, 5.74) is -0.919. The number of H-pyrrole nitrogens is 1. The van der Waals surface area contributed by atoms with E-state index in [4.69, 9.17) is 0 Å². The minimum absolute atomic E-state index is 0.0461. The molecule has 2 heterocycles. The highest BCUT2D eigenvalue weighted by molar-refractivity contribution is 7.90. The van der Waals surface area contributed by atoms with Crippen LogP contribution in [0.5, 0.6) is 0 Å². The molecule has 35 heavy (non-hydrogen) atoms. The van der Waals surface area contributed by atoms with Gasteiger partial charge in [-0.2, -0.15) is 13.2 Å². The van der Waals surface area contributed by atoms with E-state index in [0.29, 0.717) is 30.2 Å². The summed E-state index contributed by atoms with van der Waals surface area (Å²) in [6.45, 7) is 0.0945.